The van der Waals surface area contributed by atoms with Crippen molar-refractivity contribution in [1.29, 1.82) is 0 Å². The predicted octanol–water partition coefficient (Wildman–Crippen LogP) is 24.3. The summed E-state index contributed by atoms with van der Waals surface area (Å²) in [6.07, 6.45) is 62.5. The Bertz CT molecular complexity index is 1920. The predicted molar refractivity (Wildman–Crippen MR) is 409 cm³/mol. The van der Waals surface area contributed by atoms with Gasteiger partial charge >= 0.3 is 39.5 Å². The highest BCUT2D eigenvalue weighted by atomic mass is 31.2. The molecule has 0 aromatic carbocycles. The van der Waals surface area contributed by atoms with E-state index in [0.717, 1.165) is 102 Å². The Morgan fingerprint density at radius 3 is 0.680 bits per heavy atom. The first-order chi connectivity index (χ1) is 48.4. The molecule has 0 radical (unpaired) electrons. The summed E-state index contributed by atoms with van der Waals surface area (Å²) in [5.41, 5.74) is 0. The van der Waals surface area contributed by atoms with Gasteiger partial charge in [-0.05, 0) is 37.5 Å². The van der Waals surface area contributed by atoms with Gasteiger partial charge in [0.1, 0.15) is 19.3 Å². The van der Waals surface area contributed by atoms with Crippen LogP contribution < -0.4 is 0 Å². The third kappa shape index (κ3) is 74.3. The van der Waals surface area contributed by atoms with Crippen molar-refractivity contribution in [2.75, 3.05) is 39.6 Å². The van der Waals surface area contributed by atoms with Crippen molar-refractivity contribution in [2.45, 2.75) is 445 Å². The molecule has 19 heteroatoms. The maximum absolute atomic E-state index is 13.1. The number of aliphatic hydroxyl groups is 1. The molecule has 3 N–H and O–H groups in total. The van der Waals surface area contributed by atoms with Gasteiger partial charge in [0.25, 0.3) is 0 Å². The van der Waals surface area contributed by atoms with Gasteiger partial charge in [0.2, 0.25) is 0 Å². The zero-order valence-electron chi connectivity index (χ0n) is 65.5. The fourth-order valence-corrected chi connectivity index (χ4v) is 14.1. The van der Waals surface area contributed by atoms with Crippen LogP contribution in [0.15, 0.2) is 0 Å². The first-order valence-electron chi connectivity index (χ1n) is 42.0. The molecule has 0 heterocycles. The van der Waals surface area contributed by atoms with Crippen molar-refractivity contribution in [3.05, 3.63) is 0 Å². The van der Waals surface area contributed by atoms with E-state index in [1.807, 2.05) is 0 Å². The van der Waals surface area contributed by atoms with Crippen molar-refractivity contribution in [1.82, 2.24) is 0 Å². The van der Waals surface area contributed by atoms with E-state index >= 15 is 0 Å². The standard InChI is InChI=1S/C81H158O17P2/c1-7-9-11-13-15-17-19-21-23-25-26-28-32-37-41-47-54-60-65-80(85)97-76(69-91-78(83)63-57-51-45-39-35-33-29-30-34-38-43-49-55-61-73(3)4)71-95-99(87,88)93-67-75(82)68-94-100(89,90)96-72-77(70-92-79(84)64-58-52-48-42-44-50-56-62-74(5)6)98-81(86)66-59-53-46-40-36-31-27-24-22-20-18-16-14-12-10-8-2/h73-77,82H,7-72H2,1-6H3,(H,87,88)(H,89,90)/t75-,76-,77-/m1/s1. The summed E-state index contributed by atoms with van der Waals surface area (Å²) in [6, 6.07) is 0. The second-order valence-corrected chi connectivity index (χ2v) is 33.0. The molecule has 0 aromatic heterocycles. The van der Waals surface area contributed by atoms with Gasteiger partial charge in [-0.2, -0.15) is 0 Å². The Hall–Kier alpha value is -1.94. The summed E-state index contributed by atoms with van der Waals surface area (Å²) in [6.45, 7) is 9.61. The van der Waals surface area contributed by atoms with E-state index in [2.05, 4.69) is 41.5 Å². The zero-order valence-corrected chi connectivity index (χ0v) is 67.3. The van der Waals surface area contributed by atoms with E-state index in [0.29, 0.717) is 31.6 Å². The quantitative estimate of drug-likeness (QED) is 0.0222. The third-order valence-electron chi connectivity index (χ3n) is 19.0. The van der Waals surface area contributed by atoms with Crippen LogP contribution in [0.1, 0.15) is 427 Å². The van der Waals surface area contributed by atoms with Gasteiger partial charge < -0.3 is 33.8 Å². The Balaban J connectivity index is 5.24. The minimum absolute atomic E-state index is 0.108. The van der Waals surface area contributed by atoms with Crippen LogP contribution in [-0.4, -0.2) is 96.7 Å². The highest BCUT2D eigenvalue weighted by molar-refractivity contribution is 7.47. The van der Waals surface area contributed by atoms with Gasteiger partial charge in [0.15, 0.2) is 12.2 Å². The maximum atomic E-state index is 13.1. The van der Waals surface area contributed by atoms with Gasteiger partial charge in [-0.25, -0.2) is 9.13 Å². The molecule has 0 aliphatic rings. The van der Waals surface area contributed by atoms with E-state index in [1.54, 1.807) is 0 Å². The van der Waals surface area contributed by atoms with E-state index in [1.165, 1.54) is 238 Å². The minimum atomic E-state index is -4.96. The molecule has 594 valence electrons. The largest absolute Gasteiger partial charge is 0.472 e. The summed E-state index contributed by atoms with van der Waals surface area (Å²) in [4.78, 5) is 73.0. The number of hydrogen-bond acceptors (Lipinski definition) is 15. The van der Waals surface area contributed by atoms with Crippen LogP contribution in [0.4, 0.5) is 0 Å². The molecule has 0 amide bonds. The fourth-order valence-electron chi connectivity index (χ4n) is 12.5. The molecule has 100 heavy (non-hydrogen) atoms. The van der Waals surface area contributed by atoms with Crippen LogP contribution >= 0.6 is 15.6 Å². The number of unbranched alkanes of at least 4 members (excludes halogenated alkanes) is 50. The van der Waals surface area contributed by atoms with Gasteiger partial charge in [0.05, 0.1) is 26.4 Å². The molecular formula is C81H158O17P2. The van der Waals surface area contributed by atoms with E-state index in [4.69, 9.17) is 37.0 Å². The summed E-state index contributed by atoms with van der Waals surface area (Å²) < 4.78 is 68.7. The van der Waals surface area contributed by atoms with E-state index in [9.17, 15) is 43.2 Å². The van der Waals surface area contributed by atoms with Crippen LogP contribution in [0.3, 0.4) is 0 Å². The first-order valence-corrected chi connectivity index (χ1v) is 45.0. The van der Waals surface area contributed by atoms with Crippen molar-refractivity contribution in [3.8, 4) is 0 Å². The number of esters is 4. The monoisotopic (exact) mass is 1470 g/mol. The maximum Gasteiger partial charge on any atom is 0.472 e. The second kappa shape index (κ2) is 72.6. The number of ether oxygens (including phenoxy) is 4. The number of phosphoric acid groups is 2. The Kier molecular flexibility index (Phi) is 71.2. The van der Waals surface area contributed by atoms with E-state index < -0.39 is 97.5 Å². The topological polar surface area (TPSA) is 237 Å². The number of phosphoric ester groups is 2. The average molecular weight is 1470 g/mol. The lowest BCUT2D eigenvalue weighted by molar-refractivity contribution is -0.161. The third-order valence-corrected chi connectivity index (χ3v) is 20.9. The fraction of sp³-hybridized carbons (Fsp3) is 0.951. The molecule has 0 aromatic rings. The van der Waals surface area contributed by atoms with Crippen molar-refractivity contribution < 1.29 is 80.2 Å². The van der Waals surface area contributed by atoms with Gasteiger partial charge in [-0.15, -0.1) is 0 Å². The van der Waals surface area contributed by atoms with Gasteiger partial charge in [-0.1, -0.05) is 375 Å². The Morgan fingerprint density at radius 1 is 0.270 bits per heavy atom. The van der Waals surface area contributed by atoms with E-state index in [-0.39, 0.29) is 25.7 Å². The molecule has 5 atom stereocenters. The number of hydrogen-bond donors (Lipinski definition) is 3. The molecule has 17 nitrogen and oxygen atoms in total. The van der Waals surface area contributed by atoms with Crippen molar-refractivity contribution in [2.24, 2.45) is 11.8 Å². The highest BCUT2D eigenvalue weighted by Crippen LogP contribution is 2.45. The molecule has 0 aliphatic heterocycles. The van der Waals surface area contributed by atoms with Crippen LogP contribution in [0.5, 0.6) is 0 Å². The lowest BCUT2D eigenvalue weighted by Gasteiger charge is -2.21. The molecule has 0 aliphatic carbocycles. The normalized spacial score (nSPS) is 13.9. The number of carbonyl (C=O) groups is 4. The smallest absolute Gasteiger partial charge is 0.462 e. The SMILES string of the molecule is CCCCCCCCCCCCCCCCCCCCC(=O)O[C@H](COC(=O)CCCCCCCCCCCCCCCC(C)C)COP(=O)(O)OC[C@@H](O)COP(=O)(O)OC[C@@H](COC(=O)CCCCCCCCCC(C)C)OC(=O)CCCCCCCCCCCCCCCCCC. The Morgan fingerprint density at radius 2 is 0.460 bits per heavy atom. The summed E-state index contributed by atoms with van der Waals surface area (Å²) in [5.74, 6) is -0.612. The Labute approximate surface area is 613 Å². The molecular weight excluding hydrogens is 1310 g/mol. The number of carbonyl (C=O) groups excluding carboxylic acids is 4. The summed E-state index contributed by atoms with van der Waals surface area (Å²) in [5, 5.41) is 10.6. The van der Waals surface area contributed by atoms with Gasteiger partial charge in [-0.3, -0.25) is 37.3 Å². The highest BCUT2D eigenvalue weighted by Gasteiger charge is 2.30. The zero-order chi connectivity index (χ0) is 73.5. The second-order valence-electron chi connectivity index (χ2n) is 30.1. The van der Waals surface area contributed by atoms with Gasteiger partial charge in [0, 0.05) is 25.7 Å². The van der Waals surface area contributed by atoms with Crippen molar-refractivity contribution in [3.63, 3.8) is 0 Å². The van der Waals surface area contributed by atoms with Crippen LogP contribution in [0.2, 0.25) is 0 Å². The molecule has 0 rings (SSSR count). The molecule has 0 saturated heterocycles. The van der Waals surface area contributed by atoms with Crippen molar-refractivity contribution >= 4 is 39.5 Å². The average Bonchev–Trinajstić information content (AvgIpc) is 0.913. The summed E-state index contributed by atoms with van der Waals surface area (Å²) in [7, 11) is -9.92. The lowest BCUT2D eigenvalue weighted by atomic mass is 10.0. The van der Waals surface area contributed by atoms with Crippen LogP contribution in [0, 0.1) is 11.8 Å². The lowest BCUT2D eigenvalue weighted by Crippen LogP contribution is -2.30. The first kappa shape index (κ1) is 98.1. The molecule has 0 saturated carbocycles. The molecule has 0 fully saturated rings. The number of aliphatic hydroxyl groups excluding tert-OH is 1. The molecule has 2 unspecified atom stereocenters. The van der Waals surface area contributed by atoms with Crippen LogP contribution in [0.25, 0.3) is 0 Å². The number of rotatable bonds is 80. The molecule has 0 bridgehead atoms. The minimum Gasteiger partial charge on any atom is -0.462 e. The summed E-state index contributed by atoms with van der Waals surface area (Å²) >= 11 is 0. The molecule has 0 spiro atoms. The van der Waals surface area contributed by atoms with Crippen LogP contribution in [-0.2, 0) is 65.4 Å².